The van der Waals surface area contributed by atoms with Crippen molar-refractivity contribution in [1.29, 1.82) is 0 Å². The lowest BCUT2D eigenvalue weighted by Gasteiger charge is -2.41. The molecular weight excluding hydrogens is 346 g/mol. The van der Waals surface area contributed by atoms with Crippen LogP contribution in [0.4, 0.5) is 0 Å². The number of fused-ring (bicyclic) bond motifs is 1. The maximum atomic E-state index is 13.1. The summed E-state index contributed by atoms with van der Waals surface area (Å²) < 4.78 is 11.0. The molecule has 7 nitrogen and oxygen atoms in total. The lowest BCUT2D eigenvalue weighted by atomic mass is 10.0. The van der Waals surface area contributed by atoms with E-state index >= 15 is 0 Å². The van der Waals surface area contributed by atoms with E-state index in [1.54, 1.807) is 7.11 Å². The van der Waals surface area contributed by atoms with Crippen LogP contribution < -0.4 is 14.8 Å². The van der Waals surface area contributed by atoms with Gasteiger partial charge in [0.15, 0.2) is 0 Å². The molecule has 1 aromatic rings. The molecule has 3 aliphatic heterocycles. The van der Waals surface area contributed by atoms with Crippen molar-refractivity contribution in [2.45, 2.75) is 18.9 Å². The first-order chi connectivity index (χ1) is 13.2. The molecule has 1 unspecified atom stereocenters. The lowest BCUT2D eigenvalue weighted by Crippen LogP contribution is -2.57. The quantitative estimate of drug-likeness (QED) is 0.855. The SMILES string of the molecule is COc1ccc2c(c1)C=C(C(=O)N1CCCC(N3CCNCC3=O)C1)CO2. The summed E-state index contributed by atoms with van der Waals surface area (Å²) in [6.45, 7) is 3.50. The molecule has 27 heavy (non-hydrogen) atoms. The molecule has 0 spiro atoms. The molecule has 2 amide bonds. The minimum Gasteiger partial charge on any atom is -0.497 e. The van der Waals surface area contributed by atoms with Gasteiger partial charge < -0.3 is 24.6 Å². The molecule has 2 saturated heterocycles. The Kier molecular flexibility index (Phi) is 5.03. The number of ether oxygens (including phenoxy) is 2. The van der Waals surface area contributed by atoms with Crippen LogP contribution in [-0.4, -0.2) is 74.1 Å². The molecular formula is C20H25N3O4. The van der Waals surface area contributed by atoms with Crippen molar-refractivity contribution in [2.24, 2.45) is 0 Å². The zero-order valence-corrected chi connectivity index (χ0v) is 15.6. The number of benzene rings is 1. The second-order valence-corrected chi connectivity index (χ2v) is 7.17. The van der Waals surface area contributed by atoms with Gasteiger partial charge in [0.25, 0.3) is 5.91 Å². The molecule has 0 aliphatic carbocycles. The molecule has 1 aromatic carbocycles. The average Bonchev–Trinajstić information content (AvgIpc) is 2.72. The van der Waals surface area contributed by atoms with Crippen LogP contribution in [0.1, 0.15) is 18.4 Å². The summed E-state index contributed by atoms with van der Waals surface area (Å²) in [6, 6.07) is 5.69. The third kappa shape index (κ3) is 3.64. The minimum absolute atomic E-state index is 0.00393. The van der Waals surface area contributed by atoms with E-state index in [2.05, 4.69) is 5.32 Å². The molecule has 3 heterocycles. The monoisotopic (exact) mass is 371 g/mol. The smallest absolute Gasteiger partial charge is 0.253 e. The zero-order valence-electron chi connectivity index (χ0n) is 15.6. The number of hydrogen-bond acceptors (Lipinski definition) is 5. The number of amides is 2. The number of likely N-dealkylation sites (tertiary alicyclic amines) is 1. The number of hydrogen-bond donors (Lipinski definition) is 1. The van der Waals surface area contributed by atoms with E-state index in [0.717, 1.165) is 43.0 Å². The summed E-state index contributed by atoms with van der Waals surface area (Å²) in [6.07, 6.45) is 3.75. The summed E-state index contributed by atoms with van der Waals surface area (Å²) in [5, 5.41) is 3.10. The fraction of sp³-hybridized carbons (Fsp3) is 0.500. The van der Waals surface area contributed by atoms with E-state index in [1.807, 2.05) is 34.1 Å². The molecule has 1 atom stereocenters. The Balaban J connectivity index is 1.48. The Morgan fingerprint density at radius 2 is 2.22 bits per heavy atom. The Labute approximate surface area is 158 Å². The van der Waals surface area contributed by atoms with Crippen molar-refractivity contribution in [3.8, 4) is 11.5 Å². The van der Waals surface area contributed by atoms with Gasteiger partial charge in [-0.3, -0.25) is 9.59 Å². The van der Waals surface area contributed by atoms with Crippen molar-refractivity contribution in [3.05, 3.63) is 29.3 Å². The Hall–Kier alpha value is -2.54. The second-order valence-electron chi connectivity index (χ2n) is 7.17. The molecule has 0 saturated carbocycles. The summed E-state index contributed by atoms with van der Waals surface area (Å²) >= 11 is 0. The standard InChI is InChI=1S/C20H25N3O4/c1-26-17-4-5-18-14(10-17)9-15(13-27-18)20(25)22-7-2-3-16(12-22)23-8-6-21-11-19(23)24/h4-5,9-10,16,21H,2-3,6-8,11-13H2,1H3. The van der Waals surface area contributed by atoms with E-state index in [9.17, 15) is 9.59 Å². The number of nitrogens with zero attached hydrogens (tertiary/aromatic N) is 2. The summed E-state index contributed by atoms with van der Waals surface area (Å²) in [5.74, 6) is 1.62. The molecule has 1 N–H and O–H groups in total. The molecule has 0 radical (unpaired) electrons. The predicted octanol–water partition coefficient (Wildman–Crippen LogP) is 0.894. The lowest BCUT2D eigenvalue weighted by molar-refractivity contribution is -0.139. The second kappa shape index (κ2) is 7.60. The molecule has 144 valence electrons. The number of carbonyl (C=O) groups is 2. The largest absolute Gasteiger partial charge is 0.497 e. The van der Waals surface area contributed by atoms with Gasteiger partial charge in [-0.2, -0.15) is 0 Å². The van der Waals surface area contributed by atoms with E-state index in [0.29, 0.717) is 25.2 Å². The van der Waals surface area contributed by atoms with Gasteiger partial charge in [-0.1, -0.05) is 0 Å². The highest BCUT2D eigenvalue weighted by molar-refractivity contribution is 5.99. The number of nitrogens with one attached hydrogen (secondary N) is 1. The molecule has 2 fully saturated rings. The van der Waals surface area contributed by atoms with Crippen molar-refractivity contribution in [2.75, 3.05) is 46.4 Å². The van der Waals surface area contributed by atoms with E-state index in [4.69, 9.17) is 9.47 Å². The van der Waals surface area contributed by atoms with Crippen LogP contribution in [-0.2, 0) is 9.59 Å². The highest BCUT2D eigenvalue weighted by Crippen LogP contribution is 2.31. The molecule has 7 heteroatoms. The van der Waals surface area contributed by atoms with Crippen LogP contribution in [0.3, 0.4) is 0 Å². The number of methoxy groups -OCH3 is 1. The van der Waals surface area contributed by atoms with Crippen molar-refractivity contribution in [1.82, 2.24) is 15.1 Å². The maximum absolute atomic E-state index is 13.1. The van der Waals surface area contributed by atoms with Crippen LogP contribution in [0.25, 0.3) is 6.08 Å². The summed E-state index contributed by atoms with van der Waals surface area (Å²) in [4.78, 5) is 29.0. The predicted molar refractivity (Wildman–Crippen MR) is 101 cm³/mol. The first-order valence-corrected chi connectivity index (χ1v) is 9.46. The highest BCUT2D eigenvalue weighted by Gasteiger charge is 2.33. The topological polar surface area (TPSA) is 71.1 Å². The highest BCUT2D eigenvalue weighted by atomic mass is 16.5. The zero-order chi connectivity index (χ0) is 18.8. The van der Waals surface area contributed by atoms with Gasteiger partial charge in [-0.15, -0.1) is 0 Å². The molecule has 3 aliphatic rings. The molecule has 4 rings (SSSR count). The average molecular weight is 371 g/mol. The minimum atomic E-state index is -0.00393. The van der Waals surface area contributed by atoms with Crippen molar-refractivity contribution < 1.29 is 19.1 Å². The van der Waals surface area contributed by atoms with Gasteiger partial charge in [-0.25, -0.2) is 0 Å². The molecule has 0 bridgehead atoms. The van der Waals surface area contributed by atoms with E-state index < -0.39 is 0 Å². The Bertz CT molecular complexity index is 776. The third-order valence-corrected chi connectivity index (χ3v) is 5.46. The van der Waals surface area contributed by atoms with Crippen LogP contribution in [0.5, 0.6) is 11.5 Å². The Morgan fingerprint density at radius 1 is 1.33 bits per heavy atom. The van der Waals surface area contributed by atoms with Gasteiger partial charge in [0.1, 0.15) is 18.1 Å². The van der Waals surface area contributed by atoms with Gasteiger partial charge in [0.2, 0.25) is 5.91 Å². The van der Waals surface area contributed by atoms with Gasteiger partial charge in [0.05, 0.1) is 19.2 Å². The van der Waals surface area contributed by atoms with Gasteiger partial charge in [-0.05, 0) is 37.1 Å². The first kappa shape index (κ1) is 17.9. The Morgan fingerprint density at radius 3 is 3.04 bits per heavy atom. The van der Waals surface area contributed by atoms with Gasteiger partial charge >= 0.3 is 0 Å². The number of piperazine rings is 1. The fourth-order valence-electron chi connectivity index (χ4n) is 4.01. The fourth-order valence-corrected chi connectivity index (χ4v) is 4.01. The number of rotatable bonds is 3. The van der Waals surface area contributed by atoms with Crippen molar-refractivity contribution >= 4 is 17.9 Å². The van der Waals surface area contributed by atoms with Crippen molar-refractivity contribution in [3.63, 3.8) is 0 Å². The van der Waals surface area contributed by atoms with Crippen LogP contribution in [0.15, 0.2) is 23.8 Å². The van der Waals surface area contributed by atoms with Crippen LogP contribution in [0.2, 0.25) is 0 Å². The van der Waals surface area contributed by atoms with Crippen LogP contribution >= 0.6 is 0 Å². The van der Waals surface area contributed by atoms with Crippen LogP contribution in [0, 0.1) is 0 Å². The van der Waals surface area contributed by atoms with Gasteiger partial charge in [0, 0.05) is 37.8 Å². The number of carbonyl (C=O) groups excluding carboxylic acids is 2. The number of piperidine rings is 1. The maximum Gasteiger partial charge on any atom is 0.253 e. The first-order valence-electron chi connectivity index (χ1n) is 9.46. The summed E-state index contributed by atoms with van der Waals surface area (Å²) in [5.41, 5.74) is 1.50. The van der Waals surface area contributed by atoms with E-state index in [1.165, 1.54) is 0 Å². The normalized spacial score (nSPS) is 22.6. The summed E-state index contributed by atoms with van der Waals surface area (Å²) in [7, 11) is 1.62. The third-order valence-electron chi connectivity index (χ3n) is 5.46. The molecule has 0 aromatic heterocycles. The van der Waals surface area contributed by atoms with E-state index in [-0.39, 0.29) is 24.5 Å².